The van der Waals surface area contributed by atoms with Crippen LogP contribution < -0.4 is 9.47 Å². The highest BCUT2D eigenvalue weighted by molar-refractivity contribution is 5.97. The van der Waals surface area contributed by atoms with Gasteiger partial charge in [-0.05, 0) is 23.3 Å². The Morgan fingerprint density at radius 3 is 2.53 bits per heavy atom. The minimum atomic E-state index is 0.106. The summed E-state index contributed by atoms with van der Waals surface area (Å²) in [5.41, 5.74) is 2.31. The molecule has 2 aromatic rings. The van der Waals surface area contributed by atoms with Gasteiger partial charge in [0.05, 0.1) is 5.56 Å². The Labute approximate surface area is 109 Å². The van der Waals surface area contributed by atoms with Crippen LogP contribution in [0.3, 0.4) is 0 Å². The van der Waals surface area contributed by atoms with E-state index in [9.17, 15) is 9.59 Å². The van der Waals surface area contributed by atoms with Crippen molar-refractivity contribution in [3.05, 3.63) is 47.5 Å². The van der Waals surface area contributed by atoms with Gasteiger partial charge in [0.25, 0.3) is 0 Å². The second kappa shape index (κ2) is 4.57. The maximum Gasteiger partial charge on any atom is 0.231 e. The van der Waals surface area contributed by atoms with Gasteiger partial charge in [-0.2, -0.15) is 0 Å². The summed E-state index contributed by atoms with van der Waals surface area (Å²) >= 11 is 0. The van der Waals surface area contributed by atoms with Crippen LogP contribution in [-0.2, 0) is 0 Å². The predicted molar refractivity (Wildman–Crippen MR) is 68.8 cm³/mol. The van der Waals surface area contributed by atoms with Gasteiger partial charge in [-0.15, -0.1) is 0 Å². The molecule has 1 heterocycles. The lowest BCUT2D eigenvalue weighted by molar-refractivity contribution is 0.111. The topological polar surface area (TPSA) is 52.6 Å². The molecular formula is C15H10O4. The monoisotopic (exact) mass is 254 g/mol. The number of rotatable bonds is 3. The lowest BCUT2D eigenvalue weighted by Gasteiger charge is -2.09. The molecule has 0 bridgehead atoms. The van der Waals surface area contributed by atoms with Crippen LogP contribution in [0.4, 0.5) is 0 Å². The van der Waals surface area contributed by atoms with Gasteiger partial charge in [-0.25, -0.2) is 0 Å². The van der Waals surface area contributed by atoms with Crippen LogP contribution in [0, 0.1) is 0 Å². The molecule has 0 fully saturated rings. The van der Waals surface area contributed by atoms with E-state index in [1.54, 1.807) is 30.3 Å². The van der Waals surface area contributed by atoms with Crippen LogP contribution in [0.15, 0.2) is 36.4 Å². The van der Waals surface area contributed by atoms with Crippen molar-refractivity contribution in [2.24, 2.45) is 0 Å². The van der Waals surface area contributed by atoms with Crippen molar-refractivity contribution in [3.8, 4) is 22.6 Å². The van der Waals surface area contributed by atoms with E-state index in [0.29, 0.717) is 33.8 Å². The van der Waals surface area contributed by atoms with Gasteiger partial charge in [0.1, 0.15) is 0 Å². The molecule has 1 aliphatic rings. The Morgan fingerprint density at radius 1 is 0.895 bits per heavy atom. The Kier molecular flexibility index (Phi) is 2.76. The lowest BCUT2D eigenvalue weighted by atomic mass is 9.95. The van der Waals surface area contributed by atoms with E-state index in [-0.39, 0.29) is 6.79 Å². The van der Waals surface area contributed by atoms with Crippen molar-refractivity contribution in [2.75, 3.05) is 6.79 Å². The Hall–Kier alpha value is -2.62. The van der Waals surface area contributed by atoms with E-state index >= 15 is 0 Å². The van der Waals surface area contributed by atoms with E-state index in [4.69, 9.17) is 9.47 Å². The standard InChI is InChI=1S/C15H10O4/c16-7-10-3-1-2-4-11(10)12-5-6-14-15(13(12)8-17)19-9-18-14/h1-8H,9H2. The largest absolute Gasteiger partial charge is 0.454 e. The molecule has 19 heavy (non-hydrogen) atoms. The van der Waals surface area contributed by atoms with E-state index in [1.165, 1.54) is 0 Å². The molecule has 4 heteroatoms. The summed E-state index contributed by atoms with van der Waals surface area (Å²) in [5.74, 6) is 0.989. The molecule has 94 valence electrons. The Balaban J connectivity index is 2.26. The second-order valence-corrected chi connectivity index (χ2v) is 4.08. The van der Waals surface area contributed by atoms with Crippen LogP contribution in [0.5, 0.6) is 11.5 Å². The van der Waals surface area contributed by atoms with E-state index in [2.05, 4.69) is 0 Å². The highest BCUT2D eigenvalue weighted by atomic mass is 16.7. The first-order valence-electron chi connectivity index (χ1n) is 5.77. The quantitative estimate of drug-likeness (QED) is 0.790. The average Bonchev–Trinajstić information content (AvgIpc) is 2.94. The van der Waals surface area contributed by atoms with Gasteiger partial charge < -0.3 is 9.47 Å². The number of carbonyl (C=O) groups is 2. The van der Waals surface area contributed by atoms with Crippen LogP contribution >= 0.6 is 0 Å². The SMILES string of the molecule is O=Cc1ccccc1-c1ccc2c(c1C=O)OCO2. The normalized spacial score (nSPS) is 12.2. The summed E-state index contributed by atoms with van der Waals surface area (Å²) in [6, 6.07) is 10.6. The van der Waals surface area contributed by atoms with E-state index < -0.39 is 0 Å². The number of fused-ring (bicyclic) bond motifs is 1. The van der Waals surface area contributed by atoms with Gasteiger partial charge in [0, 0.05) is 5.56 Å². The molecule has 0 amide bonds. The number of benzene rings is 2. The van der Waals surface area contributed by atoms with Crippen molar-refractivity contribution < 1.29 is 19.1 Å². The molecule has 0 spiro atoms. The van der Waals surface area contributed by atoms with E-state index in [1.807, 2.05) is 6.07 Å². The molecule has 0 N–H and O–H groups in total. The highest BCUT2D eigenvalue weighted by Crippen LogP contribution is 2.40. The first kappa shape index (κ1) is 11.5. The molecule has 0 unspecified atom stereocenters. The number of ether oxygens (including phenoxy) is 2. The average molecular weight is 254 g/mol. The zero-order valence-electron chi connectivity index (χ0n) is 9.96. The third-order valence-electron chi connectivity index (χ3n) is 3.07. The van der Waals surface area contributed by atoms with Gasteiger partial charge in [-0.1, -0.05) is 24.3 Å². The van der Waals surface area contributed by atoms with Crippen LogP contribution in [0.1, 0.15) is 20.7 Å². The minimum absolute atomic E-state index is 0.106. The molecular weight excluding hydrogens is 244 g/mol. The van der Waals surface area contributed by atoms with Crippen molar-refractivity contribution in [3.63, 3.8) is 0 Å². The molecule has 3 rings (SSSR count). The molecule has 2 aromatic carbocycles. The fraction of sp³-hybridized carbons (Fsp3) is 0.0667. The molecule has 1 aliphatic heterocycles. The Bertz CT molecular complexity index is 661. The zero-order chi connectivity index (χ0) is 13.2. The summed E-state index contributed by atoms with van der Waals surface area (Å²) in [6.45, 7) is 0.106. The second-order valence-electron chi connectivity index (χ2n) is 4.08. The van der Waals surface area contributed by atoms with Gasteiger partial charge in [-0.3, -0.25) is 9.59 Å². The summed E-state index contributed by atoms with van der Waals surface area (Å²) in [5, 5.41) is 0. The fourth-order valence-electron chi connectivity index (χ4n) is 2.19. The van der Waals surface area contributed by atoms with Crippen molar-refractivity contribution in [1.82, 2.24) is 0 Å². The fourth-order valence-corrected chi connectivity index (χ4v) is 2.19. The summed E-state index contributed by atoms with van der Waals surface area (Å²) < 4.78 is 10.6. The molecule has 0 saturated heterocycles. The summed E-state index contributed by atoms with van der Waals surface area (Å²) in [4.78, 5) is 22.4. The van der Waals surface area contributed by atoms with Crippen LogP contribution in [0.2, 0.25) is 0 Å². The smallest absolute Gasteiger partial charge is 0.231 e. The Morgan fingerprint density at radius 2 is 1.74 bits per heavy atom. The van der Waals surface area contributed by atoms with Crippen molar-refractivity contribution in [2.45, 2.75) is 0 Å². The molecule has 0 aromatic heterocycles. The molecule has 0 saturated carbocycles. The summed E-state index contributed by atoms with van der Waals surface area (Å²) in [7, 11) is 0. The molecule has 4 nitrogen and oxygen atoms in total. The molecule has 0 radical (unpaired) electrons. The lowest BCUT2D eigenvalue weighted by Crippen LogP contribution is -1.96. The number of carbonyl (C=O) groups excluding carboxylic acids is 2. The van der Waals surface area contributed by atoms with E-state index in [0.717, 1.165) is 12.6 Å². The molecule has 0 atom stereocenters. The third-order valence-corrected chi connectivity index (χ3v) is 3.07. The van der Waals surface area contributed by atoms with Gasteiger partial charge in [0.2, 0.25) is 6.79 Å². The number of hydrogen-bond acceptors (Lipinski definition) is 4. The van der Waals surface area contributed by atoms with Crippen molar-refractivity contribution in [1.29, 1.82) is 0 Å². The van der Waals surface area contributed by atoms with Crippen LogP contribution in [-0.4, -0.2) is 19.4 Å². The number of hydrogen-bond donors (Lipinski definition) is 0. The van der Waals surface area contributed by atoms with Gasteiger partial charge >= 0.3 is 0 Å². The maximum absolute atomic E-state index is 11.3. The first-order valence-corrected chi connectivity index (χ1v) is 5.77. The summed E-state index contributed by atoms with van der Waals surface area (Å²) in [6.07, 6.45) is 1.50. The van der Waals surface area contributed by atoms with Gasteiger partial charge in [0.15, 0.2) is 24.1 Å². The number of aldehydes is 2. The predicted octanol–water partition coefficient (Wildman–Crippen LogP) is 2.71. The van der Waals surface area contributed by atoms with Crippen LogP contribution in [0.25, 0.3) is 11.1 Å². The minimum Gasteiger partial charge on any atom is -0.454 e. The first-order chi connectivity index (χ1) is 9.35. The third kappa shape index (κ3) is 1.78. The highest BCUT2D eigenvalue weighted by Gasteiger charge is 2.21. The zero-order valence-corrected chi connectivity index (χ0v) is 9.96. The van der Waals surface area contributed by atoms with Crippen molar-refractivity contribution >= 4 is 12.6 Å². The maximum atomic E-state index is 11.3. The molecule has 0 aliphatic carbocycles.